The van der Waals surface area contributed by atoms with Crippen molar-refractivity contribution >= 4 is 37.0 Å². The van der Waals surface area contributed by atoms with E-state index in [2.05, 4.69) is 28.2 Å². The van der Waals surface area contributed by atoms with Crippen molar-refractivity contribution in [3.05, 3.63) is 82.8 Å². The standard InChI is InChI=1S/C24H21N3O2S2/c1-15(2)31(28,29)13-16-4-3-5-18(10-16)22-12-25-21-9-7-19(24(21)27-22)17-6-8-20-23(11-17)30-14-26-20/h3-8,10-12,14-15H,9,13H2,1-2H3. The second-order valence-electron chi connectivity index (χ2n) is 7.96. The Balaban J connectivity index is 1.50. The Bertz CT molecular complexity index is 1440. The van der Waals surface area contributed by atoms with Gasteiger partial charge in [0, 0.05) is 17.6 Å². The van der Waals surface area contributed by atoms with Crippen LogP contribution >= 0.6 is 11.3 Å². The SMILES string of the molecule is CC(C)S(=O)(=O)Cc1cccc(-c2cnc3c(n2)C(c2ccc4ncsc4c2)=CC3)c1. The molecule has 0 radical (unpaired) electrons. The Labute approximate surface area is 185 Å². The van der Waals surface area contributed by atoms with Crippen molar-refractivity contribution in [3.8, 4) is 11.3 Å². The van der Waals surface area contributed by atoms with Gasteiger partial charge in [0.2, 0.25) is 0 Å². The lowest BCUT2D eigenvalue weighted by Crippen LogP contribution is -2.16. The summed E-state index contributed by atoms with van der Waals surface area (Å²) in [6, 6.07) is 13.8. The molecular formula is C24H21N3O2S2. The lowest BCUT2D eigenvalue weighted by molar-refractivity contribution is 0.586. The Morgan fingerprint density at radius 2 is 1.94 bits per heavy atom. The van der Waals surface area contributed by atoms with Gasteiger partial charge in [0.25, 0.3) is 0 Å². The van der Waals surface area contributed by atoms with Crippen molar-refractivity contribution in [1.82, 2.24) is 15.0 Å². The van der Waals surface area contributed by atoms with E-state index >= 15 is 0 Å². The third-order valence-electron chi connectivity index (χ3n) is 5.55. The maximum Gasteiger partial charge on any atom is 0.156 e. The first kappa shape index (κ1) is 20.0. The lowest BCUT2D eigenvalue weighted by Gasteiger charge is -2.10. The summed E-state index contributed by atoms with van der Waals surface area (Å²) in [4.78, 5) is 13.9. The number of thiazole rings is 1. The fourth-order valence-corrected chi connectivity index (χ4v) is 5.40. The van der Waals surface area contributed by atoms with Crippen LogP contribution in [0.1, 0.15) is 36.4 Å². The zero-order valence-corrected chi connectivity index (χ0v) is 18.9. The van der Waals surface area contributed by atoms with Gasteiger partial charge in [-0.15, -0.1) is 11.3 Å². The van der Waals surface area contributed by atoms with Crippen LogP contribution in [0.4, 0.5) is 0 Å². The van der Waals surface area contributed by atoms with Crippen molar-refractivity contribution in [3.63, 3.8) is 0 Å². The van der Waals surface area contributed by atoms with Crippen LogP contribution in [0, 0.1) is 0 Å². The van der Waals surface area contributed by atoms with Gasteiger partial charge in [-0.25, -0.2) is 18.4 Å². The summed E-state index contributed by atoms with van der Waals surface area (Å²) in [6.45, 7) is 3.42. The molecule has 2 heterocycles. The summed E-state index contributed by atoms with van der Waals surface area (Å²) in [5.41, 5.74) is 9.28. The van der Waals surface area contributed by atoms with Crippen molar-refractivity contribution < 1.29 is 8.42 Å². The van der Waals surface area contributed by atoms with Gasteiger partial charge in [-0.2, -0.15) is 0 Å². The number of fused-ring (bicyclic) bond motifs is 2. The number of aromatic nitrogens is 3. The molecule has 1 aliphatic rings. The molecule has 0 aliphatic heterocycles. The fraction of sp³-hybridized carbons (Fsp3) is 0.208. The van der Waals surface area contributed by atoms with Gasteiger partial charge < -0.3 is 0 Å². The van der Waals surface area contributed by atoms with E-state index in [1.807, 2.05) is 35.8 Å². The minimum atomic E-state index is -3.17. The van der Waals surface area contributed by atoms with Crippen LogP contribution in [0.3, 0.4) is 0 Å². The van der Waals surface area contributed by atoms with Crippen LogP contribution < -0.4 is 0 Å². The average Bonchev–Trinajstić information content (AvgIpc) is 3.39. The molecule has 7 heteroatoms. The molecule has 0 spiro atoms. The van der Waals surface area contributed by atoms with Crippen molar-refractivity contribution in [1.29, 1.82) is 0 Å². The summed E-state index contributed by atoms with van der Waals surface area (Å²) in [7, 11) is -3.17. The van der Waals surface area contributed by atoms with E-state index in [4.69, 9.17) is 4.98 Å². The highest BCUT2D eigenvalue weighted by atomic mass is 32.2. The molecule has 2 aromatic heterocycles. The largest absolute Gasteiger partial charge is 0.256 e. The predicted octanol–water partition coefficient (Wildman–Crippen LogP) is 5.06. The molecule has 156 valence electrons. The molecule has 0 bridgehead atoms. The molecule has 1 aliphatic carbocycles. The number of rotatable bonds is 5. The minimum Gasteiger partial charge on any atom is -0.256 e. The van der Waals surface area contributed by atoms with Gasteiger partial charge in [0.15, 0.2) is 9.84 Å². The number of hydrogen-bond donors (Lipinski definition) is 0. The molecule has 4 aromatic rings. The Morgan fingerprint density at radius 1 is 1.06 bits per heavy atom. The summed E-state index contributed by atoms with van der Waals surface area (Å²) >= 11 is 1.63. The van der Waals surface area contributed by atoms with E-state index in [1.54, 1.807) is 31.4 Å². The highest BCUT2D eigenvalue weighted by Crippen LogP contribution is 2.34. The van der Waals surface area contributed by atoms with Crippen LogP contribution in [-0.2, 0) is 22.0 Å². The number of allylic oxidation sites excluding steroid dienone is 1. The zero-order valence-electron chi connectivity index (χ0n) is 17.2. The van der Waals surface area contributed by atoms with Crippen LogP contribution in [0.5, 0.6) is 0 Å². The van der Waals surface area contributed by atoms with E-state index < -0.39 is 15.1 Å². The quantitative estimate of drug-likeness (QED) is 0.427. The van der Waals surface area contributed by atoms with Crippen LogP contribution in [0.15, 0.2) is 60.2 Å². The van der Waals surface area contributed by atoms with E-state index in [9.17, 15) is 8.42 Å². The zero-order chi connectivity index (χ0) is 21.6. The number of benzene rings is 2. The maximum absolute atomic E-state index is 12.3. The molecule has 0 unspecified atom stereocenters. The van der Waals surface area contributed by atoms with E-state index in [-0.39, 0.29) is 5.75 Å². The van der Waals surface area contributed by atoms with Crippen LogP contribution in [0.2, 0.25) is 0 Å². The molecule has 0 fully saturated rings. The highest BCUT2D eigenvalue weighted by Gasteiger charge is 2.21. The Morgan fingerprint density at radius 3 is 2.77 bits per heavy atom. The van der Waals surface area contributed by atoms with Gasteiger partial charge in [0.05, 0.1) is 50.0 Å². The maximum atomic E-state index is 12.3. The lowest BCUT2D eigenvalue weighted by atomic mass is 10.0. The van der Waals surface area contributed by atoms with Crippen LogP contribution in [0.25, 0.3) is 27.0 Å². The molecule has 31 heavy (non-hydrogen) atoms. The van der Waals surface area contributed by atoms with Gasteiger partial charge in [-0.05, 0) is 43.2 Å². The van der Waals surface area contributed by atoms with Gasteiger partial charge >= 0.3 is 0 Å². The van der Waals surface area contributed by atoms with Gasteiger partial charge in [-0.1, -0.05) is 30.3 Å². The van der Waals surface area contributed by atoms with Gasteiger partial charge in [0.1, 0.15) is 0 Å². The van der Waals surface area contributed by atoms with Crippen molar-refractivity contribution in [2.24, 2.45) is 0 Å². The predicted molar refractivity (Wildman–Crippen MR) is 126 cm³/mol. The first-order valence-corrected chi connectivity index (χ1v) is 12.7. The summed E-state index contributed by atoms with van der Waals surface area (Å²) in [6.07, 6.45) is 4.70. The molecule has 5 nitrogen and oxygen atoms in total. The van der Waals surface area contributed by atoms with E-state index in [0.29, 0.717) is 0 Å². The minimum absolute atomic E-state index is 0.0247. The number of nitrogens with zero attached hydrogens (tertiary/aromatic N) is 3. The highest BCUT2D eigenvalue weighted by molar-refractivity contribution is 7.91. The molecule has 0 atom stereocenters. The second kappa shape index (κ2) is 7.66. The molecule has 0 saturated heterocycles. The summed E-state index contributed by atoms with van der Waals surface area (Å²) in [5, 5.41) is -0.403. The van der Waals surface area contributed by atoms with E-state index in [1.165, 1.54) is 0 Å². The first-order valence-electron chi connectivity index (χ1n) is 10.1. The molecule has 0 N–H and O–H groups in total. The third-order valence-corrected chi connectivity index (χ3v) is 8.52. The van der Waals surface area contributed by atoms with E-state index in [0.717, 1.165) is 56.0 Å². The third kappa shape index (κ3) is 3.79. The molecular weight excluding hydrogens is 426 g/mol. The fourth-order valence-electron chi connectivity index (χ4n) is 3.71. The average molecular weight is 448 g/mol. The summed E-state index contributed by atoms with van der Waals surface area (Å²) < 4.78 is 25.8. The van der Waals surface area contributed by atoms with Crippen LogP contribution in [-0.4, -0.2) is 28.6 Å². The summed E-state index contributed by atoms with van der Waals surface area (Å²) in [5.74, 6) is 0.0247. The molecule has 0 amide bonds. The van der Waals surface area contributed by atoms with Crippen molar-refractivity contribution in [2.75, 3.05) is 0 Å². The first-order chi connectivity index (χ1) is 14.9. The molecule has 0 saturated carbocycles. The number of sulfone groups is 1. The van der Waals surface area contributed by atoms with Crippen molar-refractivity contribution in [2.45, 2.75) is 31.3 Å². The Kier molecular flexibility index (Phi) is 4.95. The Hall–Kier alpha value is -2.90. The monoisotopic (exact) mass is 447 g/mol. The number of hydrogen-bond acceptors (Lipinski definition) is 6. The molecule has 2 aromatic carbocycles. The smallest absolute Gasteiger partial charge is 0.156 e. The molecule has 5 rings (SSSR count). The normalized spacial score (nSPS) is 13.6. The van der Waals surface area contributed by atoms with Gasteiger partial charge in [-0.3, -0.25) is 4.98 Å². The second-order valence-corrected chi connectivity index (χ2v) is 11.4. The topological polar surface area (TPSA) is 72.8 Å².